The maximum absolute atomic E-state index is 13.8. The van der Waals surface area contributed by atoms with Crippen molar-refractivity contribution in [2.75, 3.05) is 12.4 Å². The molecule has 3 aromatic rings. The van der Waals surface area contributed by atoms with Crippen molar-refractivity contribution >= 4 is 39.5 Å². The molecule has 6 nitrogen and oxygen atoms in total. The van der Waals surface area contributed by atoms with Crippen molar-refractivity contribution < 1.29 is 22.9 Å². The third-order valence-corrected chi connectivity index (χ3v) is 6.77. The first-order valence-electron chi connectivity index (χ1n) is 8.63. The fourth-order valence-electron chi connectivity index (χ4n) is 2.61. The van der Waals surface area contributed by atoms with Crippen molar-refractivity contribution in [1.82, 2.24) is 4.31 Å². The van der Waals surface area contributed by atoms with E-state index < -0.39 is 29.0 Å². The summed E-state index contributed by atoms with van der Waals surface area (Å²) in [5, 5.41) is 2.54. The number of hydrogen-bond donors (Lipinski definition) is 2. The average molecular weight is 450 g/mol. The number of carbonyl (C=O) groups is 2. The van der Waals surface area contributed by atoms with Crippen LogP contribution in [0.25, 0.3) is 0 Å². The summed E-state index contributed by atoms with van der Waals surface area (Å²) in [4.78, 5) is 24.2. The summed E-state index contributed by atoms with van der Waals surface area (Å²) in [6.45, 7) is 0.258. The van der Waals surface area contributed by atoms with E-state index in [1.807, 2.05) is 0 Å². The predicted octanol–water partition coefficient (Wildman–Crippen LogP) is 3.53. The van der Waals surface area contributed by atoms with Crippen molar-refractivity contribution in [3.8, 4) is 0 Å². The Kier molecular flexibility index (Phi) is 6.83. The average Bonchev–Trinajstić information content (AvgIpc) is 3.13. The topological polar surface area (TPSA) is 98.5 Å². The lowest BCUT2D eigenvalue weighted by Crippen LogP contribution is -2.25. The van der Waals surface area contributed by atoms with Crippen molar-refractivity contribution in [2.24, 2.45) is 5.73 Å². The SMILES string of the molecule is CN(Cc1ccc(F)cc1)[S+]([O-])c1cc(C(N)=O)c(NC(=O)c2ccccc2F)s1. The predicted molar refractivity (Wildman–Crippen MR) is 111 cm³/mol. The van der Waals surface area contributed by atoms with E-state index >= 15 is 0 Å². The molecule has 0 aliphatic carbocycles. The van der Waals surface area contributed by atoms with Crippen LogP contribution in [0.1, 0.15) is 26.3 Å². The highest BCUT2D eigenvalue weighted by molar-refractivity contribution is 7.91. The minimum Gasteiger partial charge on any atom is -0.592 e. The van der Waals surface area contributed by atoms with Crippen LogP contribution in [0, 0.1) is 11.6 Å². The summed E-state index contributed by atoms with van der Waals surface area (Å²) in [7, 11) is 1.60. The smallest absolute Gasteiger partial charge is 0.259 e. The molecule has 3 N–H and O–H groups in total. The summed E-state index contributed by atoms with van der Waals surface area (Å²) in [6, 6.07) is 12.5. The zero-order chi connectivity index (χ0) is 21.8. The van der Waals surface area contributed by atoms with Gasteiger partial charge < -0.3 is 15.6 Å². The van der Waals surface area contributed by atoms with E-state index in [-0.39, 0.29) is 32.7 Å². The summed E-state index contributed by atoms with van der Waals surface area (Å²) in [5.41, 5.74) is 5.90. The molecule has 0 aliphatic rings. The fraction of sp³-hybridized carbons (Fsp3) is 0.100. The van der Waals surface area contributed by atoms with E-state index in [1.54, 1.807) is 19.2 Å². The highest BCUT2D eigenvalue weighted by Crippen LogP contribution is 2.33. The lowest BCUT2D eigenvalue weighted by molar-refractivity contribution is 0.100. The number of thiophene rings is 1. The largest absolute Gasteiger partial charge is 0.592 e. The van der Waals surface area contributed by atoms with Gasteiger partial charge in [-0.25, -0.2) is 8.78 Å². The second-order valence-electron chi connectivity index (χ2n) is 6.27. The Hall–Kier alpha value is -2.79. The zero-order valence-electron chi connectivity index (χ0n) is 15.7. The highest BCUT2D eigenvalue weighted by Gasteiger charge is 2.27. The number of carbonyl (C=O) groups excluding carboxylic acids is 2. The molecule has 0 aliphatic heterocycles. The number of nitrogens with zero attached hydrogens (tertiary/aromatic N) is 1. The maximum atomic E-state index is 13.8. The standard InChI is InChI=1S/C20H17F2N3O3S2/c1-25(11-12-6-8-13(21)9-7-12)30(28)17-10-15(18(23)26)20(29-17)24-19(27)14-4-2-3-5-16(14)22/h2-10H,11H2,1H3,(H2,23,26)(H,24,27). The van der Waals surface area contributed by atoms with Gasteiger partial charge in [-0.15, -0.1) is 4.31 Å². The minimum absolute atomic E-state index is 0.0248. The van der Waals surface area contributed by atoms with Crippen LogP contribution in [0.3, 0.4) is 0 Å². The molecule has 0 radical (unpaired) electrons. The van der Waals surface area contributed by atoms with Gasteiger partial charge in [0.1, 0.15) is 16.6 Å². The van der Waals surface area contributed by atoms with E-state index in [0.29, 0.717) is 0 Å². The Morgan fingerprint density at radius 2 is 1.80 bits per heavy atom. The number of rotatable bonds is 7. The molecule has 1 atom stereocenters. The third kappa shape index (κ3) is 5.03. The molecule has 0 saturated carbocycles. The number of benzene rings is 2. The maximum Gasteiger partial charge on any atom is 0.259 e. The molecule has 0 saturated heterocycles. The van der Waals surface area contributed by atoms with E-state index in [4.69, 9.17) is 5.73 Å². The Labute approximate surface area is 178 Å². The van der Waals surface area contributed by atoms with Crippen LogP contribution in [0.15, 0.2) is 58.8 Å². The fourth-order valence-corrected chi connectivity index (χ4v) is 5.11. The van der Waals surface area contributed by atoms with Crippen LogP contribution in [-0.2, 0) is 17.9 Å². The van der Waals surface area contributed by atoms with Gasteiger partial charge >= 0.3 is 0 Å². The molecule has 30 heavy (non-hydrogen) atoms. The van der Waals surface area contributed by atoms with Crippen LogP contribution in [-0.4, -0.2) is 27.7 Å². The molecule has 156 valence electrons. The lowest BCUT2D eigenvalue weighted by Gasteiger charge is -2.18. The van der Waals surface area contributed by atoms with Gasteiger partial charge in [-0.2, -0.15) is 0 Å². The Balaban J connectivity index is 1.80. The van der Waals surface area contributed by atoms with E-state index in [9.17, 15) is 22.9 Å². The Morgan fingerprint density at radius 1 is 1.13 bits per heavy atom. The van der Waals surface area contributed by atoms with Crippen LogP contribution < -0.4 is 11.1 Å². The Morgan fingerprint density at radius 3 is 2.43 bits per heavy atom. The molecule has 0 fully saturated rings. The molecule has 0 spiro atoms. The first kappa shape index (κ1) is 21.9. The summed E-state index contributed by atoms with van der Waals surface area (Å²) >= 11 is -0.770. The molecule has 1 heterocycles. The molecule has 0 bridgehead atoms. The first-order chi connectivity index (χ1) is 14.3. The molecule has 2 amide bonds. The second kappa shape index (κ2) is 9.35. The van der Waals surface area contributed by atoms with E-state index in [0.717, 1.165) is 23.0 Å². The van der Waals surface area contributed by atoms with Crippen molar-refractivity contribution in [3.63, 3.8) is 0 Å². The number of nitrogens with one attached hydrogen (secondary N) is 1. The van der Waals surface area contributed by atoms with Gasteiger partial charge in [0, 0.05) is 13.1 Å². The quantitative estimate of drug-likeness (QED) is 0.539. The van der Waals surface area contributed by atoms with Gasteiger partial charge in [0.2, 0.25) is 4.21 Å². The number of halogens is 2. The van der Waals surface area contributed by atoms with Gasteiger partial charge in [0.05, 0.1) is 29.0 Å². The van der Waals surface area contributed by atoms with Gasteiger partial charge in [-0.3, -0.25) is 9.59 Å². The van der Waals surface area contributed by atoms with Gasteiger partial charge in [-0.05, 0) is 29.8 Å². The normalized spacial score (nSPS) is 12.0. The Bertz CT molecular complexity index is 1070. The van der Waals surface area contributed by atoms with Crippen LogP contribution in [0.4, 0.5) is 13.8 Å². The number of nitrogens with two attached hydrogens (primary N) is 1. The van der Waals surface area contributed by atoms with Crippen molar-refractivity contribution in [3.05, 3.63) is 82.9 Å². The molecule has 3 rings (SSSR count). The van der Waals surface area contributed by atoms with Crippen LogP contribution in [0.2, 0.25) is 0 Å². The molecule has 10 heteroatoms. The molecular formula is C20H17F2N3O3S2. The first-order valence-corrected chi connectivity index (χ1v) is 10.6. The van der Waals surface area contributed by atoms with E-state index in [1.165, 1.54) is 40.7 Å². The summed E-state index contributed by atoms with van der Waals surface area (Å²) in [5.74, 6) is -2.66. The summed E-state index contributed by atoms with van der Waals surface area (Å²) in [6.07, 6.45) is 0. The van der Waals surface area contributed by atoms with Gasteiger partial charge in [-0.1, -0.05) is 35.6 Å². The van der Waals surface area contributed by atoms with Crippen molar-refractivity contribution in [2.45, 2.75) is 10.8 Å². The zero-order valence-corrected chi connectivity index (χ0v) is 17.4. The number of hydrogen-bond acceptors (Lipinski definition) is 5. The highest BCUT2D eigenvalue weighted by atomic mass is 32.2. The third-order valence-electron chi connectivity index (χ3n) is 4.09. The van der Waals surface area contributed by atoms with Gasteiger partial charge in [0.15, 0.2) is 0 Å². The van der Waals surface area contributed by atoms with Gasteiger partial charge in [0.25, 0.3) is 11.8 Å². The minimum atomic E-state index is -1.68. The number of anilines is 1. The monoisotopic (exact) mass is 449 g/mol. The summed E-state index contributed by atoms with van der Waals surface area (Å²) < 4.78 is 41.5. The molecule has 2 aromatic carbocycles. The second-order valence-corrected chi connectivity index (χ2v) is 9.14. The number of amides is 2. The molecule has 1 unspecified atom stereocenters. The van der Waals surface area contributed by atoms with E-state index in [2.05, 4.69) is 5.32 Å². The van der Waals surface area contributed by atoms with Crippen molar-refractivity contribution in [1.29, 1.82) is 0 Å². The molecule has 1 aromatic heterocycles. The van der Waals surface area contributed by atoms with Crippen LogP contribution >= 0.6 is 11.3 Å². The van der Waals surface area contributed by atoms with Crippen LogP contribution in [0.5, 0.6) is 0 Å². The number of primary amides is 1. The molecular weight excluding hydrogens is 432 g/mol. The lowest BCUT2D eigenvalue weighted by atomic mass is 10.2.